The number of aliphatic carboxylic acids is 1. The molecule has 160 valence electrons. The van der Waals surface area contributed by atoms with Crippen LogP contribution in [0.15, 0.2) is 30.3 Å². The Kier molecular flexibility index (Phi) is 10.2. The van der Waals surface area contributed by atoms with E-state index in [1.165, 1.54) is 0 Å². The van der Waals surface area contributed by atoms with Crippen molar-refractivity contribution in [2.45, 2.75) is 52.3 Å². The average molecular weight is 408 g/mol. The number of nitrogens with one attached hydrogen (secondary N) is 2. The van der Waals surface area contributed by atoms with Gasteiger partial charge in [0, 0.05) is 0 Å². The summed E-state index contributed by atoms with van der Waals surface area (Å²) in [5.41, 5.74) is 0.785. The number of esters is 1. The third-order valence-corrected chi connectivity index (χ3v) is 3.82. The van der Waals surface area contributed by atoms with Crippen LogP contribution < -0.4 is 10.6 Å². The molecule has 0 unspecified atom stereocenters. The third kappa shape index (κ3) is 9.59. The third-order valence-electron chi connectivity index (χ3n) is 3.82. The van der Waals surface area contributed by atoms with Crippen LogP contribution in [0.5, 0.6) is 0 Å². The van der Waals surface area contributed by atoms with Crippen LogP contribution >= 0.6 is 0 Å². The van der Waals surface area contributed by atoms with Gasteiger partial charge in [-0.2, -0.15) is 0 Å². The summed E-state index contributed by atoms with van der Waals surface area (Å²) in [6.45, 7) is 5.43. The maximum atomic E-state index is 12.5. The van der Waals surface area contributed by atoms with Crippen LogP contribution in [0.25, 0.3) is 0 Å². The molecule has 9 heteroatoms. The topological polar surface area (TPSA) is 131 Å². The number of carbonyl (C=O) groups is 4. The van der Waals surface area contributed by atoms with Gasteiger partial charge in [0.15, 0.2) is 0 Å². The van der Waals surface area contributed by atoms with Gasteiger partial charge in [-0.1, -0.05) is 44.2 Å². The fourth-order valence-corrected chi connectivity index (χ4v) is 2.47. The first kappa shape index (κ1) is 23.9. The van der Waals surface area contributed by atoms with E-state index in [1.54, 1.807) is 31.2 Å². The summed E-state index contributed by atoms with van der Waals surface area (Å²) < 4.78 is 9.84. The highest BCUT2D eigenvalue weighted by Crippen LogP contribution is 2.08. The maximum Gasteiger partial charge on any atom is 0.408 e. The molecule has 29 heavy (non-hydrogen) atoms. The molecule has 1 rings (SSSR count). The zero-order valence-corrected chi connectivity index (χ0v) is 16.8. The monoisotopic (exact) mass is 408 g/mol. The fraction of sp³-hybridized carbons (Fsp3) is 0.500. The molecule has 0 aliphatic rings. The lowest BCUT2D eigenvalue weighted by molar-refractivity contribution is -0.150. The molecule has 2 atom stereocenters. The first-order valence-corrected chi connectivity index (χ1v) is 9.38. The number of carbonyl (C=O) groups excluding carboxylic acids is 3. The van der Waals surface area contributed by atoms with Crippen molar-refractivity contribution in [2.75, 3.05) is 6.61 Å². The molecule has 0 aromatic heterocycles. The Morgan fingerprint density at radius 2 is 1.66 bits per heavy atom. The van der Waals surface area contributed by atoms with E-state index in [2.05, 4.69) is 10.6 Å². The molecule has 0 spiro atoms. The molecule has 0 bridgehead atoms. The van der Waals surface area contributed by atoms with Gasteiger partial charge in [0.25, 0.3) is 0 Å². The smallest absolute Gasteiger partial charge is 0.408 e. The SMILES string of the molecule is CCOC(=O)C[C@H](NC(=O)[C@H](CC(C)C)NC(=O)OCc1ccccc1)C(=O)O. The maximum absolute atomic E-state index is 12.5. The minimum atomic E-state index is -1.46. The van der Waals surface area contributed by atoms with Gasteiger partial charge in [-0.25, -0.2) is 9.59 Å². The quantitative estimate of drug-likeness (QED) is 0.476. The van der Waals surface area contributed by atoms with Crippen molar-refractivity contribution < 1.29 is 33.8 Å². The predicted molar refractivity (Wildman–Crippen MR) is 104 cm³/mol. The van der Waals surface area contributed by atoms with Crippen molar-refractivity contribution in [3.63, 3.8) is 0 Å². The summed E-state index contributed by atoms with van der Waals surface area (Å²) in [4.78, 5) is 47.6. The zero-order valence-electron chi connectivity index (χ0n) is 16.8. The van der Waals surface area contributed by atoms with Gasteiger partial charge in [-0.05, 0) is 24.8 Å². The lowest BCUT2D eigenvalue weighted by Crippen LogP contribution is -2.52. The number of hydrogen-bond acceptors (Lipinski definition) is 6. The molecule has 1 aromatic rings. The molecule has 2 amide bonds. The van der Waals surface area contributed by atoms with Gasteiger partial charge in [0.05, 0.1) is 13.0 Å². The summed E-state index contributed by atoms with van der Waals surface area (Å²) >= 11 is 0. The number of benzene rings is 1. The van der Waals surface area contributed by atoms with Crippen LogP contribution in [0.1, 0.15) is 39.2 Å². The number of amides is 2. The van der Waals surface area contributed by atoms with E-state index in [4.69, 9.17) is 9.47 Å². The largest absolute Gasteiger partial charge is 0.480 e. The molecule has 0 fully saturated rings. The Morgan fingerprint density at radius 3 is 2.21 bits per heavy atom. The van der Waals surface area contributed by atoms with E-state index in [-0.39, 0.29) is 25.6 Å². The second-order valence-electron chi connectivity index (χ2n) is 6.80. The van der Waals surface area contributed by atoms with Crippen molar-refractivity contribution >= 4 is 23.9 Å². The van der Waals surface area contributed by atoms with Crippen molar-refractivity contribution in [2.24, 2.45) is 5.92 Å². The first-order chi connectivity index (χ1) is 13.7. The van der Waals surface area contributed by atoms with Gasteiger partial charge < -0.3 is 25.2 Å². The summed E-state index contributed by atoms with van der Waals surface area (Å²) in [5.74, 6) is -2.79. The first-order valence-electron chi connectivity index (χ1n) is 9.38. The van der Waals surface area contributed by atoms with Crippen molar-refractivity contribution in [1.82, 2.24) is 10.6 Å². The van der Waals surface area contributed by atoms with Crippen LogP contribution in [0.3, 0.4) is 0 Å². The Labute approximate surface area is 169 Å². The Morgan fingerprint density at radius 1 is 1.00 bits per heavy atom. The number of carboxylic acids is 1. The van der Waals surface area contributed by atoms with Crippen molar-refractivity contribution in [1.29, 1.82) is 0 Å². The van der Waals surface area contributed by atoms with Crippen LogP contribution in [-0.4, -0.2) is 47.7 Å². The second kappa shape index (κ2) is 12.4. The van der Waals surface area contributed by atoms with Gasteiger partial charge in [-0.3, -0.25) is 9.59 Å². The number of hydrogen-bond donors (Lipinski definition) is 3. The minimum absolute atomic E-state index is 0.0311. The molecule has 1 aromatic carbocycles. The normalized spacial score (nSPS) is 12.6. The van der Waals surface area contributed by atoms with Crippen molar-refractivity contribution in [3.8, 4) is 0 Å². The van der Waals surface area contributed by atoms with E-state index in [9.17, 15) is 24.3 Å². The number of ether oxygens (including phenoxy) is 2. The Bertz CT molecular complexity index is 691. The molecule has 9 nitrogen and oxygen atoms in total. The number of carboxylic acid groups (broad SMARTS) is 1. The number of alkyl carbamates (subject to hydrolysis) is 1. The average Bonchev–Trinajstić information content (AvgIpc) is 2.65. The van der Waals surface area contributed by atoms with E-state index in [1.807, 2.05) is 19.9 Å². The fourth-order valence-electron chi connectivity index (χ4n) is 2.47. The van der Waals surface area contributed by atoms with Crippen molar-refractivity contribution in [3.05, 3.63) is 35.9 Å². The van der Waals surface area contributed by atoms with Gasteiger partial charge in [0.2, 0.25) is 5.91 Å². The highest BCUT2D eigenvalue weighted by Gasteiger charge is 2.29. The summed E-state index contributed by atoms with van der Waals surface area (Å²) in [6, 6.07) is 6.56. The molecular formula is C20H28N2O7. The van der Waals surface area contributed by atoms with Gasteiger partial charge in [0.1, 0.15) is 18.7 Å². The van der Waals surface area contributed by atoms with E-state index < -0.39 is 42.4 Å². The predicted octanol–water partition coefficient (Wildman–Crippen LogP) is 1.85. The molecule has 0 radical (unpaired) electrons. The molecule has 0 saturated heterocycles. The summed E-state index contributed by atoms with van der Waals surface area (Å²) in [5, 5.41) is 14.0. The van der Waals surface area contributed by atoms with Crippen LogP contribution in [0.4, 0.5) is 4.79 Å². The summed E-state index contributed by atoms with van der Waals surface area (Å²) in [6.07, 6.45) is -1.05. The van der Waals surface area contributed by atoms with Crippen LogP contribution in [-0.2, 0) is 30.5 Å². The van der Waals surface area contributed by atoms with E-state index in [0.717, 1.165) is 5.56 Å². The lowest BCUT2D eigenvalue weighted by Gasteiger charge is -2.22. The minimum Gasteiger partial charge on any atom is -0.480 e. The van der Waals surface area contributed by atoms with Gasteiger partial charge >= 0.3 is 18.0 Å². The number of rotatable bonds is 11. The van der Waals surface area contributed by atoms with E-state index in [0.29, 0.717) is 0 Å². The molecule has 3 N–H and O–H groups in total. The Balaban J connectivity index is 2.71. The van der Waals surface area contributed by atoms with Crippen LogP contribution in [0.2, 0.25) is 0 Å². The highest BCUT2D eigenvalue weighted by atomic mass is 16.5. The molecular weight excluding hydrogens is 380 g/mol. The summed E-state index contributed by atoms with van der Waals surface area (Å²) in [7, 11) is 0. The molecule has 0 saturated carbocycles. The van der Waals surface area contributed by atoms with Gasteiger partial charge in [-0.15, -0.1) is 0 Å². The second-order valence-corrected chi connectivity index (χ2v) is 6.80. The van der Waals surface area contributed by atoms with Crippen LogP contribution in [0, 0.1) is 5.92 Å². The Hall–Kier alpha value is -3.10. The highest BCUT2D eigenvalue weighted by molar-refractivity contribution is 5.91. The molecule has 0 heterocycles. The lowest BCUT2D eigenvalue weighted by atomic mass is 10.0. The molecule has 0 aliphatic heterocycles. The molecule has 0 aliphatic carbocycles. The standard InChI is InChI=1S/C20H28N2O7/c1-4-28-17(23)11-16(19(25)26)21-18(24)15(10-13(2)3)22-20(27)29-12-14-8-6-5-7-9-14/h5-9,13,15-16H,4,10-12H2,1-3H3,(H,21,24)(H,22,27)(H,25,26)/t15-,16-/m0/s1. The zero-order chi connectivity index (χ0) is 21.8. The van der Waals surface area contributed by atoms with E-state index >= 15 is 0 Å².